The predicted molar refractivity (Wildman–Crippen MR) is 258 cm³/mol. The first-order valence-electron chi connectivity index (χ1n) is 21.7. The van der Waals surface area contributed by atoms with Crippen LogP contribution < -0.4 is 4.90 Å². The van der Waals surface area contributed by atoms with E-state index in [9.17, 15) is 0 Å². The van der Waals surface area contributed by atoms with Crippen molar-refractivity contribution in [3.8, 4) is 27.9 Å². The molecule has 1 spiro atoms. The van der Waals surface area contributed by atoms with Gasteiger partial charge in [-0.3, -0.25) is 0 Å². The Bertz CT molecular complexity index is 3610. The van der Waals surface area contributed by atoms with Gasteiger partial charge in [-0.15, -0.1) is 0 Å². The Hall–Kier alpha value is -7.62. The topological polar surface area (TPSA) is 21.3 Å². The van der Waals surface area contributed by atoms with Gasteiger partial charge in [0.1, 0.15) is 11.2 Å². The quantitative estimate of drug-likeness (QED) is 0.177. The van der Waals surface area contributed by atoms with Gasteiger partial charge >= 0.3 is 0 Å². The average Bonchev–Trinajstić information content (AvgIpc) is 3.99. The molecule has 2 aliphatic rings. The molecule has 62 heavy (non-hydrogen) atoms. The summed E-state index contributed by atoms with van der Waals surface area (Å²) in [5.41, 5.74) is 23.3. The Labute approximate surface area is 360 Å². The third-order valence-corrected chi connectivity index (χ3v) is 13.7. The number of fused-ring (bicyclic) bond motifs is 18. The highest BCUT2D eigenvalue weighted by atomic mass is 16.3. The van der Waals surface area contributed by atoms with Crippen molar-refractivity contribution in [2.75, 3.05) is 4.90 Å². The summed E-state index contributed by atoms with van der Waals surface area (Å²) in [5, 5.41) is 4.61. The highest BCUT2D eigenvalue weighted by Gasteiger charge is 2.52. The molecule has 1 unspecified atom stereocenters. The van der Waals surface area contributed by atoms with Gasteiger partial charge in [0, 0.05) is 44.5 Å². The third-order valence-electron chi connectivity index (χ3n) is 13.7. The van der Waals surface area contributed by atoms with Gasteiger partial charge in [0.15, 0.2) is 0 Å². The van der Waals surface area contributed by atoms with Gasteiger partial charge in [-0.05, 0) is 156 Å². The second-order valence-corrected chi connectivity index (χ2v) is 17.6. The molecule has 11 aromatic rings. The SMILES string of the molecule is Cc1cc(C)cc(N(c2cc(C)cc(C)c2)c2ccc3c(c2)C2(c4ccccc4-3)c3ccccc3-c3c2ccc2c3oc3c2ccc2c3c3ccccc3n2-c2ccccc2)c1. The van der Waals surface area contributed by atoms with Crippen LogP contribution in [-0.2, 0) is 5.41 Å². The number of hydrogen-bond acceptors (Lipinski definition) is 2. The Kier molecular flexibility index (Phi) is 7.20. The van der Waals surface area contributed by atoms with Gasteiger partial charge in [-0.1, -0.05) is 115 Å². The summed E-state index contributed by atoms with van der Waals surface area (Å²) in [6.45, 7) is 8.79. The lowest BCUT2D eigenvalue weighted by Gasteiger charge is -2.32. The van der Waals surface area contributed by atoms with Gasteiger partial charge in [0.05, 0.1) is 21.8 Å². The second kappa shape index (κ2) is 12.7. The van der Waals surface area contributed by atoms with Crippen molar-refractivity contribution in [2.45, 2.75) is 33.1 Å². The van der Waals surface area contributed by atoms with Crippen molar-refractivity contribution in [2.24, 2.45) is 0 Å². The molecule has 0 saturated heterocycles. The Morgan fingerprint density at radius 3 is 1.71 bits per heavy atom. The maximum absolute atomic E-state index is 7.40. The van der Waals surface area contributed by atoms with Crippen LogP contribution in [0.25, 0.3) is 71.7 Å². The normalized spacial score (nSPS) is 14.8. The molecule has 0 fully saturated rings. The minimum atomic E-state index is -0.559. The molecule has 294 valence electrons. The van der Waals surface area contributed by atoms with Crippen LogP contribution in [0.4, 0.5) is 17.1 Å². The molecular weight excluding hydrogens is 753 g/mol. The van der Waals surface area contributed by atoms with Crippen LogP contribution in [0, 0.1) is 27.7 Å². The molecule has 0 aliphatic heterocycles. The van der Waals surface area contributed by atoms with Gasteiger partial charge in [0.2, 0.25) is 0 Å². The first-order valence-corrected chi connectivity index (χ1v) is 21.7. The minimum absolute atomic E-state index is 0.559. The molecule has 13 rings (SSSR count). The van der Waals surface area contributed by atoms with E-state index in [0.717, 1.165) is 55.6 Å². The zero-order chi connectivity index (χ0) is 41.4. The van der Waals surface area contributed by atoms with Crippen LogP contribution in [0.2, 0.25) is 0 Å². The standard InChI is InChI=1S/C59H42N2O/c1-35-28-36(2)31-41(30-35)60(42-32-37(3)29-38(4)33-42)40-22-23-44-43-16-8-11-19-49(43)59(52(44)34-40)50-20-12-9-17-47(50)55-51(59)26-24-45-46-25-27-54-56(58(46)62-57(45)55)48-18-10-13-21-53(48)61(54)39-14-6-5-7-15-39/h5-34H,1-4H3. The number of rotatable bonds is 4. The van der Waals surface area contributed by atoms with E-state index in [4.69, 9.17) is 4.42 Å². The highest BCUT2D eigenvalue weighted by molar-refractivity contribution is 6.25. The number of hydrogen-bond donors (Lipinski definition) is 0. The van der Waals surface area contributed by atoms with Crippen molar-refractivity contribution in [1.29, 1.82) is 0 Å². The smallest absolute Gasteiger partial charge is 0.145 e. The molecule has 0 amide bonds. The molecule has 0 radical (unpaired) electrons. The molecule has 9 aromatic carbocycles. The van der Waals surface area contributed by atoms with E-state index in [0.29, 0.717) is 0 Å². The lowest BCUT2D eigenvalue weighted by Crippen LogP contribution is -2.26. The Morgan fingerprint density at radius 1 is 0.403 bits per heavy atom. The number of benzene rings is 9. The molecule has 1 atom stereocenters. The van der Waals surface area contributed by atoms with Gasteiger partial charge in [0.25, 0.3) is 0 Å². The van der Waals surface area contributed by atoms with Crippen molar-refractivity contribution in [3.05, 3.63) is 226 Å². The van der Waals surface area contributed by atoms with E-state index in [1.165, 1.54) is 77.7 Å². The fourth-order valence-electron chi connectivity index (χ4n) is 11.6. The number of anilines is 3. The Morgan fingerprint density at radius 2 is 0.984 bits per heavy atom. The van der Waals surface area contributed by atoms with Crippen LogP contribution in [0.1, 0.15) is 44.5 Å². The first kappa shape index (κ1) is 35.2. The van der Waals surface area contributed by atoms with Gasteiger partial charge < -0.3 is 13.9 Å². The summed E-state index contributed by atoms with van der Waals surface area (Å²) in [7, 11) is 0. The second-order valence-electron chi connectivity index (χ2n) is 17.6. The summed E-state index contributed by atoms with van der Waals surface area (Å²) >= 11 is 0. The fourth-order valence-corrected chi connectivity index (χ4v) is 11.6. The molecule has 0 N–H and O–H groups in total. The molecule has 0 bridgehead atoms. The summed E-state index contributed by atoms with van der Waals surface area (Å²) < 4.78 is 9.77. The van der Waals surface area contributed by atoms with E-state index in [1.54, 1.807) is 0 Å². The third kappa shape index (κ3) is 4.65. The molecule has 2 heterocycles. The summed E-state index contributed by atoms with van der Waals surface area (Å²) in [5.74, 6) is 0. The number of aryl methyl sites for hydroxylation is 4. The molecule has 3 heteroatoms. The lowest BCUT2D eigenvalue weighted by atomic mass is 9.70. The van der Waals surface area contributed by atoms with E-state index in [1.807, 2.05) is 0 Å². The van der Waals surface area contributed by atoms with Gasteiger partial charge in [-0.25, -0.2) is 0 Å². The van der Waals surface area contributed by atoms with E-state index < -0.39 is 5.41 Å². The minimum Gasteiger partial charge on any atom is -0.455 e. The largest absolute Gasteiger partial charge is 0.455 e. The van der Waals surface area contributed by atoms with Crippen molar-refractivity contribution < 1.29 is 4.42 Å². The number of aromatic nitrogens is 1. The van der Waals surface area contributed by atoms with E-state index in [2.05, 4.69) is 219 Å². The van der Waals surface area contributed by atoms with Crippen molar-refractivity contribution in [3.63, 3.8) is 0 Å². The molecule has 3 nitrogen and oxygen atoms in total. The van der Waals surface area contributed by atoms with Crippen LogP contribution in [-0.4, -0.2) is 4.57 Å². The monoisotopic (exact) mass is 794 g/mol. The van der Waals surface area contributed by atoms with Crippen molar-refractivity contribution >= 4 is 60.8 Å². The summed E-state index contributed by atoms with van der Waals surface area (Å²) in [4.78, 5) is 2.46. The maximum Gasteiger partial charge on any atom is 0.145 e. The maximum atomic E-state index is 7.40. The van der Waals surface area contributed by atoms with Gasteiger partial charge in [-0.2, -0.15) is 0 Å². The first-order chi connectivity index (χ1) is 30.4. The number of furan rings is 1. The zero-order valence-corrected chi connectivity index (χ0v) is 35.1. The van der Waals surface area contributed by atoms with Crippen molar-refractivity contribution in [1.82, 2.24) is 4.57 Å². The molecule has 2 aliphatic carbocycles. The zero-order valence-electron chi connectivity index (χ0n) is 35.1. The lowest BCUT2D eigenvalue weighted by molar-refractivity contribution is 0.673. The number of nitrogens with zero attached hydrogens (tertiary/aromatic N) is 2. The Balaban J connectivity index is 1.11. The van der Waals surface area contributed by atoms with Crippen LogP contribution in [0.3, 0.4) is 0 Å². The number of para-hydroxylation sites is 2. The van der Waals surface area contributed by atoms with Crippen LogP contribution >= 0.6 is 0 Å². The fraction of sp³-hybridized carbons (Fsp3) is 0.0847. The predicted octanol–water partition coefficient (Wildman–Crippen LogP) is 15.7. The van der Waals surface area contributed by atoms with Crippen LogP contribution in [0.15, 0.2) is 186 Å². The highest BCUT2D eigenvalue weighted by Crippen LogP contribution is 2.65. The molecular formula is C59H42N2O. The van der Waals surface area contributed by atoms with E-state index >= 15 is 0 Å². The molecule has 0 saturated carbocycles. The molecule has 2 aromatic heterocycles. The summed E-state index contributed by atoms with van der Waals surface area (Å²) in [6.07, 6.45) is 0. The van der Waals surface area contributed by atoms with Crippen LogP contribution in [0.5, 0.6) is 0 Å². The average molecular weight is 795 g/mol. The van der Waals surface area contributed by atoms with E-state index in [-0.39, 0.29) is 0 Å². The summed E-state index contributed by atoms with van der Waals surface area (Å²) in [6, 6.07) is 67.8.